The van der Waals surface area contributed by atoms with Crippen LogP contribution in [0.2, 0.25) is 0 Å². The quantitative estimate of drug-likeness (QED) is 0.735. The van der Waals surface area contributed by atoms with Gasteiger partial charge in [-0.15, -0.1) is 0 Å². The van der Waals surface area contributed by atoms with Gasteiger partial charge in [-0.05, 0) is 36.2 Å². The molecular weight excluding hydrogens is 314 g/mol. The van der Waals surface area contributed by atoms with Crippen LogP contribution in [-0.4, -0.2) is 16.7 Å². The zero-order valence-electron chi connectivity index (χ0n) is 11.2. The summed E-state index contributed by atoms with van der Waals surface area (Å²) in [5.74, 6) is -0.000694. The number of benzene rings is 2. The monoisotopic (exact) mass is 329 g/mol. The highest BCUT2D eigenvalue weighted by Gasteiger charge is 2.19. The molecule has 0 saturated heterocycles. The molecule has 0 radical (unpaired) electrons. The van der Waals surface area contributed by atoms with E-state index in [9.17, 15) is 5.11 Å². The summed E-state index contributed by atoms with van der Waals surface area (Å²) < 4.78 is 1.05. The molecule has 0 fully saturated rings. The van der Waals surface area contributed by atoms with Gasteiger partial charge in [0.25, 0.3) is 0 Å². The summed E-state index contributed by atoms with van der Waals surface area (Å²) in [6, 6.07) is 16.4. The number of H-pyrrole nitrogens is 1. The first-order valence-electron chi connectivity index (χ1n) is 6.64. The Morgan fingerprint density at radius 2 is 1.80 bits per heavy atom. The second-order valence-corrected chi connectivity index (χ2v) is 5.91. The fraction of sp³-hybridized carbons (Fsp3) is 0.176. The maximum atomic E-state index is 9.88. The second-order valence-electron chi connectivity index (χ2n) is 5.00. The highest BCUT2D eigenvalue weighted by Crippen LogP contribution is 2.33. The Hall–Kier alpha value is -1.58. The third-order valence-electron chi connectivity index (χ3n) is 3.75. The molecule has 1 unspecified atom stereocenters. The van der Waals surface area contributed by atoms with Crippen molar-refractivity contribution >= 4 is 26.8 Å². The van der Waals surface area contributed by atoms with Crippen LogP contribution in [0, 0.1) is 6.92 Å². The minimum absolute atomic E-state index is 0.000694. The fourth-order valence-electron chi connectivity index (χ4n) is 2.81. The van der Waals surface area contributed by atoms with Crippen LogP contribution in [0.15, 0.2) is 53.0 Å². The van der Waals surface area contributed by atoms with Gasteiger partial charge in [-0.25, -0.2) is 0 Å². The molecule has 3 rings (SSSR count). The SMILES string of the molecule is Cc1[nH]c2ccccc2c1C(CO)c1ccc(Br)cc1. The zero-order chi connectivity index (χ0) is 14.1. The average Bonchev–Trinajstić information content (AvgIpc) is 2.79. The average molecular weight is 330 g/mol. The molecule has 3 aromatic rings. The number of hydrogen-bond acceptors (Lipinski definition) is 1. The number of aryl methyl sites for hydroxylation is 1. The molecule has 0 spiro atoms. The molecule has 0 aliphatic rings. The molecule has 0 amide bonds. The number of nitrogens with one attached hydrogen (secondary N) is 1. The van der Waals surface area contributed by atoms with Crippen molar-refractivity contribution in [2.75, 3.05) is 6.61 Å². The lowest BCUT2D eigenvalue weighted by molar-refractivity contribution is 0.281. The van der Waals surface area contributed by atoms with Gasteiger partial charge in [0.05, 0.1) is 6.61 Å². The molecule has 0 saturated carbocycles. The molecule has 20 heavy (non-hydrogen) atoms. The molecular formula is C17H16BrNO. The Bertz CT molecular complexity index is 730. The topological polar surface area (TPSA) is 36.0 Å². The predicted octanol–water partition coefficient (Wildman–Crippen LogP) is 4.36. The molecule has 0 aliphatic carbocycles. The normalized spacial score (nSPS) is 12.8. The number of aliphatic hydroxyl groups is 1. The van der Waals surface area contributed by atoms with Crippen LogP contribution in [-0.2, 0) is 0 Å². The van der Waals surface area contributed by atoms with Crippen LogP contribution in [0.5, 0.6) is 0 Å². The van der Waals surface area contributed by atoms with Crippen LogP contribution >= 0.6 is 15.9 Å². The van der Waals surface area contributed by atoms with E-state index in [1.165, 1.54) is 10.9 Å². The molecule has 102 valence electrons. The number of aliphatic hydroxyl groups excluding tert-OH is 1. The lowest BCUT2D eigenvalue weighted by atomic mass is 9.90. The summed E-state index contributed by atoms with van der Waals surface area (Å²) in [5, 5.41) is 11.1. The molecule has 0 bridgehead atoms. The van der Waals surface area contributed by atoms with Crippen molar-refractivity contribution in [1.29, 1.82) is 0 Å². The molecule has 1 atom stereocenters. The summed E-state index contributed by atoms with van der Waals surface area (Å²) in [5.41, 5.74) is 4.55. The van der Waals surface area contributed by atoms with Crippen molar-refractivity contribution in [3.05, 3.63) is 69.8 Å². The van der Waals surface area contributed by atoms with Crippen molar-refractivity contribution in [2.24, 2.45) is 0 Å². The molecule has 2 nitrogen and oxygen atoms in total. The molecule has 0 aliphatic heterocycles. The number of fused-ring (bicyclic) bond motifs is 1. The smallest absolute Gasteiger partial charge is 0.0541 e. The Kier molecular flexibility index (Phi) is 3.64. The van der Waals surface area contributed by atoms with Crippen molar-refractivity contribution in [1.82, 2.24) is 4.98 Å². The fourth-order valence-corrected chi connectivity index (χ4v) is 3.07. The van der Waals surface area contributed by atoms with Crippen LogP contribution in [0.3, 0.4) is 0 Å². The van der Waals surface area contributed by atoms with E-state index < -0.39 is 0 Å². The van der Waals surface area contributed by atoms with Gasteiger partial charge in [0.1, 0.15) is 0 Å². The zero-order valence-corrected chi connectivity index (χ0v) is 12.8. The van der Waals surface area contributed by atoms with Crippen molar-refractivity contribution < 1.29 is 5.11 Å². The van der Waals surface area contributed by atoms with Crippen molar-refractivity contribution in [2.45, 2.75) is 12.8 Å². The van der Waals surface area contributed by atoms with E-state index >= 15 is 0 Å². The van der Waals surface area contributed by atoms with Crippen LogP contribution in [0.1, 0.15) is 22.7 Å². The lowest BCUT2D eigenvalue weighted by Gasteiger charge is -2.16. The van der Waals surface area contributed by atoms with E-state index in [4.69, 9.17) is 0 Å². The van der Waals surface area contributed by atoms with Gasteiger partial charge in [-0.2, -0.15) is 0 Å². The van der Waals surface area contributed by atoms with E-state index in [1.54, 1.807) is 0 Å². The van der Waals surface area contributed by atoms with E-state index in [2.05, 4.69) is 52.1 Å². The lowest BCUT2D eigenvalue weighted by Crippen LogP contribution is -2.07. The first-order chi connectivity index (χ1) is 9.70. The van der Waals surface area contributed by atoms with Gasteiger partial charge in [0, 0.05) is 27.0 Å². The van der Waals surface area contributed by atoms with E-state index in [1.807, 2.05) is 24.3 Å². The third kappa shape index (κ3) is 2.28. The first-order valence-corrected chi connectivity index (χ1v) is 7.43. The van der Waals surface area contributed by atoms with Gasteiger partial charge in [-0.1, -0.05) is 46.3 Å². The minimum Gasteiger partial charge on any atom is -0.395 e. The van der Waals surface area contributed by atoms with Crippen LogP contribution < -0.4 is 0 Å². The van der Waals surface area contributed by atoms with E-state index in [-0.39, 0.29) is 12.5 Å². The number of halogens is 1. The Labute approximate surface area is 126 Å². The van der Waals surface area contributed by atoms with E-state index in [0.29, 0.717) is 0 Å². The van der Waals surface area contributed by atoms with E-state index in [0.717, 1.165) is 21.2 Å². The summed E-state index contributed by atoms with van der Waals surface area (Å²) in [6.45, 7) is 2.17. The second kappa shape index (κ2) is 5.43. The highest BCUT2D eigenvalue weighted by molar-refractivity contribution is 9.10. The standard InChI is InChI=1S/C17H16BrNO/c1-11-17(14-4-2-3-5-16(14)19-11)15(10-20)12-6-8-13(18)9-7-12/h2-9,15,19-20H,10H2,1H3. The summed E-state index contributed by atoms with van der Waals surface area (Å²) >= 11 is 3.45. The molecule has 2 N–H and O–H groups in total. The number of hydrogen-bond donors (Lipinski definition) is 2. The van der Waals surface area contributed by atoms with Crippen LogP contribution in [0.4, 0.5) is 0 Å². The number of aromatic nitrogens is 1. The van der Waals surface area contributed by atoms with Gasteiger partial charge in [-0.3, -0.25) is 0 Å². The molecule has 1 heterocycles. The van der Waals surface area contributed by atoms with Gasteiger partial charge >= 0.3 is 0 Å². The molecule has 1 aromatic heterocycles. The van der Waals surface area contributed by atoms with Gasteiger partial charge < -0.3 is 10.1 Å². The van der Waals surface area contributed by atoms with Gasteiger partial charge in [0.2, 0.25) is 0 Å². The number of aromatic amines is 1. The summed E-state index contributed by atoms with van der Waals surface area (Å²) in [4.78, 5) is 3.40. The molecule has 3 heteroatoms. The maximum Gasteiger partial charge on any atom is 0.0541 e. The summed E-state index contributed by atoms with van der Waals surface area (Å²) in [6.07, 6.45) is 0. The Balaban J connectivity index is 2.16. The van der Waals surface area contributed by atoms with Crippen LogP contribution in [0.25, 0.3) is 10.9 Å². The number of para-hydroxylation sites is 1. The maximum absolute atomic E-state index is 9.88. The number of rotatable bonds is 3. The Morgan fingerprint density at radius 3 is 2.50 bits per heavy atom. The summed E-state index contributed by atoms with van der Waals surface area (Å²) in [7, 11) is 0. The highest BCUT2D eigenvalue weighted by atomic mass is 79.9. The predicted molar refractivity (Wildman–Crippen MR) is 86.1 cm³/mol. The molecule has 2 aromatic carbocycles. The third-order valence-corrected chi connectivity index (χ3v) is 4.28. The largest absolute Gasteiger partial charge is 0.395 e. The van der Waals surface area contributed by atoms with Crippen molar-refractivity contribution in [3.8, 4) is 0 Å². The van der Waals surface area contributed by atoms with Gasteiger partial charge in [0.15, 0.2) is 0 Å². The Morgan fingerprint density at radius 1 is 1.10 bits per heavy atom. The first kappa shape index (κ1) is 13.4. The minimum atomic E-state index is -0.000694. The van der Waals surface area contributed by atoms with Crippen molar-refractivity contribution in [3.63, 3.8) is 0 Å².